The van der Waals surface area contributed by atoms with Crippen LogP contribution in [0.15, 0.2) is 49.2 Å². The number of nitriles is 1. The Kier molecular flexibility index (Phi) is 6.29. The minimum atomic E-state index is -4.68. The van der Waals surface area contributed by atoms with Crippen molar-refractivity contribution < 1.29 is 22.4 Å². The fourth-order valence-corrected chi connectivity index (χ4v) is 5.77. The van der Waals surface area contributed by atoms with Gasteiger partial charge in [-0.25, -0.2) is 14.4 Å². The summed E-state index contributed by atoms with van der Waals surface area (Å²) < 4.78 is 54.8. The number of rotatable bonds is 5. The number of carbonyl (C=O) groups excluding carboxylic acids is 1. The van der Waals surface area contributed by atoms with E-state index in [2.05, 4.69) is 31.0 Å². The molecule has 206 valence electrons. The minimum absolute atomic E-state index is 0.177. The van der Waals surface area contributed by atoms with Crippen LogP contribution in [0.5, 0.6) is 0 Å². The number of benzene rings is 1. The Labute approximate surface area is 226 Å². The van der Waals surface area contributed by atoms with E-state index in [9.17, 15) is 27.6 Å². The number of carbonyl (C=O) groups is 1. The largest absolute Gasteiger partial charge is 0.416 e. The van der Waals surface area contributed by atoms with Gasteiger partial charge in [-0.05, 0) is 37.1 Å². The molecule has 4 heterocycles. The number of aromatic nitrogens is 5. The van der Waals surface area contributed by atoms with Gasteiger partial charge in [-0.1, -0.05) is 0 Å². The number of halogens is 4. The molecular weight excluding hydrogens is 528 g/mol. The van der Waals surface area contributed by atoms with Gasteiger partial charge in [0.25, 0.3) is 5.91 Å². The maximum atomic E-state index is 14.3. The summed E-state index contributed by atoms with van der Waals surface area (Å²) in [6.07, 6.45) is 3.96. The second-order valence-corrected chi connectivity index (χ2v) is 10.3. The number of fused-ring (bicyclic) bond motifs is 1. The number of alkyl halides is 3. The van der Waals surface area contributed by atoms with E-state index in [1.165, 1.54) is 11.2 Å². The molecule has 1 amide bonds. The number of hydrogen-bond donors (Lipinski definition) is 1. The molecule has 2 aliphatic rings. The summed E-state index contributed by atoms with van der Waals surface area (Å²) in [6.45, 7) is 1.73. The normalized spacial score (nSPS) is 21.8. The Morgan fingerprint density at radius 1 is 1.15 bits per heavy atom. The van der Waals surface area contributed by atoms with Crippen molar-refractivity contribution in [1.29, 1.82) is 5.26 Å². The van der Waals surface area contributed by atoms with E-state index in [-0.39, 0.29) is 11.6 Å². The van der Waals surface area contributed by atoms with Gasteiger partial charge in [-0.15, -0.1) is 0 Å². The van der Waals surface area contributed by atoms with Crippen LogP contribution in [0.4, 0.5) is 17.6 Å². The van der Waals surface area contributed by atoms with Gasteiger partial charge < -0.3 is 9.88 Å². The van der Waals surface area contributed by atoms with Crippen LogP contribution in [0, 0.1) is 17.1 Å². The highest BCUT2D eigenvalue weighted by atomic mass is 19.4. The van der Waals surface area contributed by atoms with Crippen molar-refractivity contribution in [3.05, 3.63) is 66.1 Å². The molecule has 2 fully saturated rings. The van der Waals surface area contributed by atoms with Crippen molar-refractivity contribution in [3.8, 4) is 17.3 Å². The van der Waals surface area contributed by atoms with Crippen molar-refractivity contribution >= 4 is 16.9 Å². The average Bonchev–Trinajstić information content (AvgIpc) is 3.60. The summed E-state index contributed by atoms with van der Waals surface area (Å²) in [6, 6.07) is 6.36. The van der Waals surface area contributed by atoms with E-state index in [0.717, 1.165) is 34.4 Å². The highest BCUT2D eigenvalue weighted by Crippen LogP contribution is 2.45. The van der Waals surface area contributed by atoms with E-state index in [4.69, 9.17) is 0 Å². The van der Waals surface area contributed by atoms with Crippen LogP contribution < -0.4 is 0 Å². The maximum Gasteiger partial charge on any atom is 0.416 e. The molecule has 0 atom stereocenters. The average molecular weight is 553 g/mol. The molecule has 0 spiro atoms. The molecule has 9 nitrogen and oxygen atoms in total. The number of aromatic amines is 1. The number of piperazine rings is 1. The lowest BCUT2D eigenvalue weighted by Gasteiger charge is -2.52. The lowest BCUT2D eigenvalue weighted by Crippen LogP contribution is -2.60. The third kappa shape index (κ3) is 4.48. The quantitative estimate of drug-likeness (QED) is 0.372. The van der Waals surface area contributed by atoms with Crippen LogP contribution in [0.3, 0.4) is 0 Å². The van der Waals surface area contributed by atoms with Crippen LogP contribution in [-0.4, -0.2) is 72.7 Å². The molecule has 1 aliphatic heterocycles. The van der Waals surface area contributed by atoms with E-state index in [1.54, 1.807) is 12.4 Å². The van der Waals surface area contributed by atoms with Crippen molar-refractivity contribution in [1.82, 2.24) is 34.5 Å². The van der Waals surface area contributed by atoms with Crippen molar-refractivity contribution in [3.63, 3.8) is 0 Å². The molecule has 1 aliphatic carbocycles. The van der Waals surface area contributed by atoms with Gasteiger partial charge in [0, 0.05) is 55.6 Å². The lowest BCUT2D eigenvalue weighted by atomic mass is 9.70. The van der Waals surface area contributed by atoms with Gasteiger partial charge in [0.15, 0.2) is 0 Å². The first-order valence-electron chi connectivity index (χ1n) is 12.8. The molecule has 1 saturated carbocycles. The van der Waals surface area contributed by atoms with E-state index in [0.29, 0.717) is 51.5 Å². The Hall–Kier alpha value is -4.31. The topological polar surface area (TPSA) is 107 Å². The van der Waals surface area contributed by atoms with Gasteiger partial charge in [-0.3, -0.25) is 14.4 Å². The molecule has 40 heavy (non-hydrogen) atoms. The van der Waals surface area contributed by atoms with E-state index in [1.807, 2.05) is 16.9 Å². The molecular formula is C27H24F4N8O. The summed E-state index contributed by atoms with van der Waals surface area (Å²) in [4.78, 5) is 28.2. The number of H-pyrrole nitrogens is 1. The monoisotopic (exact) mass is 552 g/mol. The van der Waals surface area contributed by atoms with Crippen LogP contribution in [0.25, 0.3) is 22.3 Å². The van der Waals surface area contributed by atoms with Crippen molar-refractivity contribution in [2.24, 2.45) is 0 Å². The molecule has 6 rings (SSSR count). The third-order valence-corrected chi connectivity index (χ3v) is 7.98. The third-order valence-electron chi connectivity index (χ3n) is 7.98. The Bertz CT molecular complexity index is 1610. The fourth-order valence-electron chi connectivity index (χ4n) is 5.77. The van der Waals surface area contributed by atoms with Crippen molar-refractivity contribution in [2.75, 3.05) is 26.2 Å². The van der Waals surface area contributed by atoms with Gasteiger partial charge in [-0.2, -0.15) is 23.5 Å². The molecule has 0 bridgehead atoms. The van der Waals surface area contributed by atoms with Crippen LogP contribution in [0.1, 0.15) is 35.2 Å². The lowest BCUT2D eigenvalue weighted by molar-refractivity contribution is -0.137. The molecule has 4 aromatic rings. The smallest absolute Gasteiger partial charge is 0.346 e. The highest BCUT2D eigenvalue weighted by Gasteiger charge is 2.49. The van der Waals surface area contributed by atoms with Crippen LogP contribution in [-0.2, 0) is 11.7 Å². The van der Waals surface area contributed by atoms with Gasteiger partial charge in [0.2, 0.25) is 0 Å². The first-order valence-corrected chi connectivity index (χ1v) is 12.8. The predicted octanol–water partition coefficient (Wildman–Crippen LogP) is 4.21. The molecule has 1 N–H and O–H groups in total. The Morgan fingerprint density at radius 3 is 2.62 bits per heavy atom. The minimum Gasteiger partial charge on any atom is -0.346 e. The zero-order chi connectivity index (χ0) is 28.1. The summed E-state index contributed by atoms with van der Waals surface area (Å²) >= 11 is 0. The molecule has 3 aromatic heterocycles. The number of amides is 1. The first kappa shape index (κ1) is 25.9. The van der Waals surface area contributed by atoms with Crippen LogP contribution in [0.2, 0.25) is 0 Å². The zero-order valence-corrected chi connectivity index (χ0v) is 21.2. The highest BCUT2D eigenvalue weighted by molar-refractivity contribution is 5.94. The van der Waals surface area contributed by atoms with Crippen molar-refractivity contribution in [2.45, 2.75) is 37.0 Å². The standard InChI is InChI=1S/C27H24F4N8O/c28-22-11-18(27(29,30)31)1-2-20(22)25(40)38-9-7-37(8-10-38)19-12-26(13-19,4-5-32)39-15-17(14-36-39)23-21-3-6-33-24(21)35-16-34-23/h1-3,6,11,14-16,19H,4,7-10,12-13H2,(H,33,34,35). The summed E-state index contributed by atoms with van der Waals surface area (Å²) in [7, 11) is 0. The number of nitrogens with one attached hydrogen (secondary N) is 1. The van der Waals surface area contributed by atoms with Gasteiger partial charge in [0.1, 0.15) is 17.8 Å². The summed E-state index contributed by atoms with van der Waals surface area (Å²) in [5.74, 6) is -1.80. The molecule has 0 radical (unpaired) electrons. The predicted molar refractivity (Wildman–Crippen MR) is 135 cm³/mol. The second-order valence-electron chi connectivity index (χ2n) is 10.3. The summed E-state index contributed by atoms with van der Waals surface area (Å²) in [5, 5.41) is 15.1. The summed E-state index contributed by atoms with van der Waals surface area (Å²) in [5.41, 5.74) is 0.357. The van der Waals surface area contributed by atoms with E-state index >= 15 is 0 Å². The van der Waals surface area contributed by atoms with E-state index < -0.39 is 29.0 Å². The van der Waals surface area contributed by atoms with Crippen LogP contribution >= 0.6 is 0 Å². The SMILES string of the molecule is N#CCC1(n2cc(-c3ncnc4[nH]ccc34)cn2)CC(N2CCN(C(=O)c3ccc(C(F)(F)F)cc3F)CC2)C1. The van der Waals surface area contributed by atoms with Gasteiger partial charge >= 0.3 is 6.18 Å². The fraction of sp³-hybridized carbons (Fsp3) is 0.370. The molecule has 13 heteroatoms. The number of nitrogens with zero attached hydrogens (tertiary/aromatic N) is 7. The molecule has 1 aromatic carbocycles. The molecule has 1 saturated heterocycles. The Morgan fingerprint density at radius 2 is 1.93 bits per heavy atom. The first-order chi connectivity index (χ1) is 19.2. The molecule has 0 unspecified atom stereocenters. The van der Waals surface area contributed by atoms with Gasteiger partial charge in [0.05, 0.1) is 41.0 Å². The maximum absolute atomic E-state index is 14.3. The zero-order valence-electron chi connectivity index (χ0n) is 21.2. The second kappa shape index (κ2) is 9.71. The Balaban J connectivity index is 1.10. The number of hydrogen-bond acceptors (Lipinski definition) is 6.